The molecule has 0 radical (unpaired) electrons. The summed E-state index contributed by atoms with van der Waals surface area (Å²) in [5.41, 5.74) is 7.04. The molecule has 2 aromatic rings. The number of amides is 1. The first-order valence-corrected chi connectivity index (χ1v) is 13.1. The smallest absolute Gasteiger partial charge is 0.416 e. The van der Waals surface area contributed by atoms with E-state index in [2.05, 4.69) is 19.2 Å². The Bertz CT molecular complexity index is 1010. The quantitative estimate of drug-likeness (QED) is 0.266. The van der Waals surface area contributed by atoms with Gasteiger partial charge in [-0.05, 0) is 60.1 Å². The van der Waals surface area contributed by atoms with Crippen LogP contribution in [-0.4, -0.2) is 57.1 Å². The van der Waals surface area contributed by atoms with Crippen molar-refractivity contribution in [2.24, 2.45) is 17.6 Å². The molecule has 0 saturated carbocycles. The fraction of sp³-hybridized carbons (Fsp3) is 0.552. The molecule has 2 aromatic carbocycles. The average Bonchev–Trinajstić information content (AvgIpc) is 2.89. The van der Waals surface area contributed by atoms with Crippen LogP contribution in [0.3, 0.4) is 0 Å². The zero-order chi connectivity index (χ0) is 29.0. The largest absolute Gasteiger partial charge is 0.493 e. The molecule has 0 spiro atoms. The SMILES string of the molecule is COCCCOc1cc(CC(CC(N)C(O)CNC(=O)Cc2ccc(C(F)(F)F)cc2)C(C)C)ccc1OC. The topological polar surface area (TPSA) is 103 Å². The average molecular weight is 555 g/mol. The van der Waals surface area contributed by atoms with Crippen molar-refractivity contribution in [3.05, 3.63) is 59.2 Å². The van der Waals surface area contributed by atoms with Gasteiger partial charge in [-0.2, -0.15) is 13.2 Å². The van der Waals surface area contributed by atoms with Crippen LogP contribution in [0.25, 0.3) is 0 Å². The minimum Gasteiger partial charge on any atom is -0.493 e. The summed E-state index contributed by atoms with van der Waals surface area (Å²) in [5.74, 6) is 1.35. The Kier molecular flexibility index (Phi) is 13.0. The number of aliphatic hydroxyl groups is 1. The lowest BCUT2D eigenvalue weighted by Gasteiger charge is -2.27. The maximum Gasteiger partial charge on any atom is 0.416 e. The van der Waals surface area contributed by atoms with E-state index in [1.807, 2.05) is 18.2 Å². The zero-order valence-corrected chi connectivity index (χ0v) is 23.1. The third kappa shape index (κ3) is 11.1. The van der Waals surface area contributed by atoms with Crippen LogP contribution in [-0.2, 0) is 28.5 Å². The summed E-state index contributed by atoms with van der Waals surface area (Å²) in [5, 5.41) is 13.2. The molecule has 1 amide bonds. The number of nitrogens with two attached hydrogens (primary N) is 1. The number of methoxy groups -OCH3 is 2. The van der Waals surface area contributed by atoms with Crippen molar-refractivity contribution in [1.29, 1.82) is 0 Å². The Labute approximate surface area is 228 Å². The summed E-state index contributed by atoms with van der Waals surface area (Å²) in [7, 11) is 3.24. The van der Waals surface area contributed by atoms with Gasteiger partial charge >= 0.3 is 6.18 Å². The second-order valence-electron chi connectivity index (χ2n) is 10.0. The predicted octanol–water partition coefficient (Wildman–Crippen LogP) is 4.38. The molecule has 0 heterocycles. The molecule has 2 rings (SSSR count). The highest BCUT2D eigenvalue weighted by Gasteiger charge is 2.30. The lowest BCUT2D eigenvalue weighted by molar-refractivity contribution is -0.137. The fourth-order valence-electron chi connectivity index (χ4n) is 4.18. The van der Waals surface area contributed by atoms with Gasteiger partial charge in [0, 0.05) is 32.7 Å². The molecule has 3 unspecified atom stereocenters. The van der Waals surface area contributed by atoms with E-state index < -0.39 is 29.8 Å². The molecule has 3 atom stereocenters. The Hall–Kier alpha value is -2.82. The van der Waals surface area contributed by atoms with Crippen LogP contribution < -0.4 is 20.5 Å². The minimum atomic E-state index is -4.43. The van der Waals surface area contributed by atoms with Crippen molar-refractivity contribution >= 4 is 5.91 Å². The second kappa shape index (κ2) is 15.7. The highest BCUT2D eigenvalue weighted by atomic mass is 19.4. The molecule has 7 nitrogen and oxygen atoms in total. The highest BCUT2D eigenvalue weighted by Crippen LogP contribution is 2.31. The maximum absolute atomic E-state index is 12.7. The number of hydrogen-bond acceptors (Lipinski definition) is 6. The summed E-state index contributed by atoms with van der Waals surface area (Å²) in [6.45, 7) is 5.26. The Morgan fingerprint density at radius 3 is 2.28 bits per heavy atom. The van der Waals surface area contributed by atoms with E-state index in [9.17, 15) is 23.1 Å². The second-order valence-corrected chi connectivity index (χ2v) is 10.0. The van der Waals surface area contributed by atoms with Gasteiger partial charge in [0.05, 0.1) is 31.8 Å². The third-order valence-electron chi connectivity index (χ3n) is 6.64. The normalized spacial score (nSPS) is 14.1. The molecule has 10 heteroatoms. The van der Waals surface area contributed by atoms with Gasteiger partial charge in [0.15, 0.2) is 11.5 Å². The fourth-order valence-corrected chi connectivity index (χ4v) is 4.18. The first kappa shape index (κ1) is 32.4. The Morgan fingerprint density at radius 2 is 1.69 bits per heavy atom. The molecule has 4 N–H and O–H groups in total. The molecule has 0 aromatic heterocycles. The van der Waals surface area contributed by atoms with Gasteiger partial charge in [-0.1, -0.05) is 32.0 Å². The number of halogens is 3. The molecular weight excluding hydrogens is 513 g/mol. The van der Waals surface area contributed by atoms with E-state index in [0.717, 1.165) is 30.5 Å². The van der Waals surface area contributed by atoms with Crippen LogP contribution in [0.1, 0.15) is 43.4 Å². The van der Waals surface area contributed by atoms with E-state index in [4.69, 9.17) is 19.9 Å². The van der Waals surface area contributed by atoms with Gasteiger partial charge in [0.25, 0.3) is 0 Å². The highest BCUT2D eigenvalue weighted by molar-refractivity contribution is 5.78. The van der Waals surface area contributed by atoms with Gasteiger partial charge in [-0.3, -0.25) is 4.79 Å². The molecule has 0 aliphatic carbocycles. The van der Waals surface area contributed by atoms with Crippen molar-refractivity contribution < 1.29 is 37.3 Å². The summed E-state index contributed by atoms with van der Waals surface area (Å²) >= 11 is 0. The van der Waals surface area contributed by atoms with Crippen molar-refractivity contribution in [3.8, 4) is 11.5 Å². The summed E-state index contributed by atoms with van der Waals surface area (Å²) in [6.07, 6.45) is -3.49. The van der Waals surface area contributed by atoms with Gasteiger partial charge in [0.2, 0.25) is 5.91 Å². The van der Waals surface area contributed by atoms with Crippen LogP contribution >= 0.6 is 0 Å². The van der Waals surface area contributed by atoms with Crippen molar-refractivity contribution in [1.82, 2.24) is 5.32 Å². The number of ether oxygens (including phenoxy) is 3. The lowest BCUT2D eigenvalue weighted by Crippen LogP contribution is -2.45. The molecule has 218 valence electrons. The summed E-state index contributed by atoms with van der Waals surface area (Å²) in [6, 6.07) is 9.67. The van der Waals surface area contributed by atoms with Crippen LogP contribution in [0.4, 0.5) is 13.2 Å². The van der Waals surface area contributed by atoms with Crippen LogP contribution in [0.2, 0.25) is 0 Å². The molecular formula is C29H41F3N2O5. The van der Waals surface area contributed by atoms with Gasteiger partial charge in [-0.25, -0.2) is 0 Å². The molecule has 0 fully saturated rings. The maximum atomic E-state index is 12.7. The number of alkyl halides is 3. The van der Waals surface area contributed by atoms with E-state index in [1.54, 1.807) is 14.2 Å². The van der Waals surface area contributed by atoms with Crippen LogP contribution in [0.15, 0.2) is 42.5 Å². The van der Waals surface area contributed by atoms with Gasteiger partial charge in [0.1, 0.15) is 0 Å². The van der Waals surface area contributed by atoms with E-state index in [1.165, 1.54) is 12.1 Å². The summed E-state index contributed by atoms with van der Waals surface area (Å²) in [4.78, 5) is 12.3. The van der Waals surface area contributed by atoms with E-state index >= 15 is 0 Å². The molecule has 0 saturated heterocycles. The molecule has 0 aliphatic rings. The third-order valence-corrected chi connectivity index (χ3v) is 6.64. The Balaban J connectivity index is 1.90. The standard InChI is InChI=1S/C29H41F3N2O5/c1-19(2)22(14-21-8-11-26(38-4)27(15-21)39-13-5-12-37-3)17-24(33)25(35)18-34-28(36)16-20-6-9-23(10-7-20)29(30,31)32/h6-11,15,19,22,24-25,35H,5,12-14,16-18,33H2,1-4H3,(H,34,36). The van der Waals surface area contributed by atoms with Crippen LogP contribution in [0, 0.1) is 11.8 Å². The number of aliphatic hydroxyl groups excluding tert-OH is 1. The number of rotatable bonds is 16. The van der Waals surface area contributed by atoms with Crippen LogP contribution in [0.5, 0.6) is 11.5 Å². The first-order valence-electron chi connectivity index (χ1n) is 13.1. The molecule has 0 bridgehead atoms. The van der Waals surface area contributed by atoms with Crippen molar-refractivity contribution in [2.45, 2.75) is 57.9 Å². The molecule has 39 heavy (non-hydrogen) atoms. The number of benzene rings is 2. The number of nitrogens with one attached hydrogen (secondary N) is 1. The predicted molar refractivity (Wildman–Crippen MR) is 144 cm³/mol. The molecule has 0 aliphatic heterocycles. The Morgan fingerprint density at radius 1 is 1.03 bits per heavy atom. The number of hydrogen-bond donors (Lipinski definition) is 3. The lowest BCUT2D eigenvalue weighted by atomic mass is 9.83. The summed E-state index contributed by atoms with van der Waals surface area (Å²) < 4.78 is 54.5. The van der Waals surface area contributed by atoms with Gasteiger partial charge < -0.3 is 30.4 Å². The minimum absolute atomic E-state index is 0.0482. The first-order chi connectivity index (χ1) is 18.4. The van der Waals surface area contributed by atoms with E-state index in [-0.39, 0.29) is 24.8 Å². The number of carbonyl (C=O) groups is 1. The zero-order valence-electron chi connectivity index (χ0n) is 23.1. The van der Waals surface area contributed by atoms with Crippen molar-refractivity contribution in [2.75, 3.05) is 34.0 Å². The number of carbonyl (C=O) groups excluding carboxylic acids is 1. The van der Waals surface area contributed by atoms with Gasteiger partial charge in [-0.15, -0.1) is 0 Å². The van der Waals surface area contributed by atoms with Crippen molar-refractivity contribution in [3.63, 3.8) is 0 Å². The monoisotopic (exact) mass is 554 g/mol. The van der Waals surface area contributed by atoms with E-state index in [0.29, 0.717) is 36.7 Å².